The summed E-state index contributed by atoms with van der Waals surface area (Å²) in [6.07, 6.45) is 3.34. The highest BCUT2D eigenvalue weighted by Gasteiger charge is 2.13. The molecule has 6 heteroatoms. The maximum absolute atomic E-state index is 12.1. The number of nitrogens with one attached hydrogen (secondary N) is 1. The van der Waals surface area contributed by atoms with Gasteiger partial charge in [0.1, 0.15) is 0 Å². The van der Waals surface area contributed by atoms with E-state index in [0.29, 0.717) is 5.56 Å². The van der Waals surface area contributed by atoms with E-state index in [1.165, 1.54) is 12.1 Å². The smallest absolute Gasteiger partial charge is 0.335 e. The van der Waals surface area contributed by atoms with Crippen molar-refractivity contribution in [2.45, 2.75) is 13.0 Å². The van der Waals surface area contributed by atoms with Crippen LogP contribution in [0, 0.1) is 0 Å². The van der Waals surface area contributed by atoms with E-state index in [1.807, 2.05) is 13.0 Å². The Hall–Kier alpha value is -2.40. The van der Waals surface area contributed by atoms with Gasteiger partial charge in [-0.1, -0.05) is 12.1 Å². The molecule has 1 amide bonds. The molecule has 0 saturated carbocycles. The molecule has 0 aliphatic carbocycles. The van der Waals surface area contributed by atoms with E-state index in [1.54, 1.807) is 30.6 Å². The number of carboxylic acids is 1. The molecule has 0 aliphatic heterocycles. The van der Waals surface area contributed by atoms with E-state index in [2.05, 4.69) is 10.3 Å². The third-order valence-corrected chi connectivity index (χ3v) is 2.90. The van der Waals surface area contributed by atoms with Gasteiger partial charge < -0.3 is 10.4 Å². The molecular weight excluding hydrogens is 292 g/mol. The van der Waals surface area contributed by atoms with Crippen molar-refractivity contribution in [3.05, 3.63) is 65.5 Å². The summed E-state index contributed by atoms with van der Waals surface area (Å²) in [7, 11) is 0. The molecule has 0 saturated heterocycles. The van der Waals surface area contributed by atoms with Gasteiger partial charge in [0.15, 0.2) is 0 Å². The normalized spacial score (nSPS) is 11.1. The van der Waals surface area contributed by atoms with Gasteiger partial charge in [0, 0.05) is 18.0 Å². The van der Waals surface area contributed by atoms with Crippen molar-refractivity contribution in [1.29, 1.82) is 0 Å². The fourth-order valence-corrected chi connectivity index (χ4v) is 1.79. The van der Waals surface area contributed by atoms with Crippen LogP contribution in [0.3, 0.4) is 0 Å². The summed E-state index contributed by atoms with van der Waals surface area (Å²) in [6.45, 7) is 1.84. The fraction of sp³-hybridized carbons (Fsp3) is 0.133. The van der Waals surface area contributed by atoms with Gasteiger partial charge in [0.2, 0.25) is 0 Å². The molecule has 0 spiro atoms. The first-order chi connectivity index (χ1) is 9.58. The van der Waals surface area contributed by atoms with Gasteiger partial charge in [-0.25, -0.2) is 4.79 Å². The number of nitrogens with zero attached hydrogens (tertiary/aromatic N) is 1. The van der Waals surface area contributed by atoms with Crippen LogP contribution in [0.15, 0.2) is 48.8 Å². The van der Waals surface area contributed by atoms with Crippen molar-refractivity contribution in [1.82, 2.24) is 10.3 Å². The number of benzene rings is 1. The van der Waals surface area contributed by atoms with Crippen LogP contribution in [0.25, 0.3) is 0 Å². The molecule has 0 radical (unpaired) electrons. The molecule has 21 heavy (non-hydrogen) atoms. The number of carbonyl (C=O) groups excluding carboxylic acids is 1. The highest BCUT2D eigenvalue weighted by Crippen LogP contribution is 2.12. The molecule has 0 bridgehead atoms. The maximum Gasteiger partial charge on any atom is 0.335 e. The average molecular weight is 307 g/mol. The van der Waals surface area contributed by atoms with Crippen LogP contribution < -0.4 is 5.32 Å². The number of hydrogen-bond acceptors (Lipinski definition) is 3. The minimum atomic E-state index is -1.06. The van der Waals surface area contributed by atoms with Crippen LogP contribution in [-0.2, 0) is 0 Å². The predicted molar refractivity (Wildman–Crippen MR) is 80.8 cm³/mol. The van der Waals surface area contributed by atoms with Crippen molar-refractivity contribution in [3.63, 3.8) is 0 Å². The van der Waals surface area contributed by atoms with E-state index in [4.69, 9.17) is 5.11 Å². The predicted octanol–water partition coefficient (Wildman–Crippen LogP) is 2.69. The summed E-state index contributed by atoms with van der Waals surface area (Å²) in [5.74, 6) is -1.37. The zero-order valence-corrected chi connectivity index (χ0v) is 12.1. The van der Waals surface area contributed by atoms with E-state index >= 15 is 0 Å². The minimum absolute atomic E-state index is 0. The molecule has 0 aliphatic rings. The Balaban J connectivity index is 0.00000220. The van der Waals surface area contributed by atoms with Crippen LogP contribution >= 0.6 is 12.4 Å². The number of carboxylic acid groups (broad SMARTS) is 1. The SMILES string of the molecule is CC(NC(=O)c1cccc(C(=O)O)c1)c1cccnc1.Cl. The lowest BCUT2D eigenvalue weighted by molar-refractivity contribution is 0.0697. The number of amides is 1. The molecule has 2 aromatic rings. The Kier molecular flexibility index (Phi) is 5.87. The van der Waals surface area contributed by atoms with Gasteiger partial charge in [0.05, 0.1) is 11.6 Å². The van der Waals surface area contributed by atoms with Gasteiger partial charge in [-0.15, -0.1) is 12.4 Å². The van der Waals surface area contributed by atoms with Crippen LogP contribution in [0.1, 0.15) is 39.2 Å². The fourth-order valence-electron chi connectivity index (χ4n) is 1.79. The van der Waals surface area contributed by atoms with Crippen molar-refractivity contribution in [2.75, 3.05) is 0 Å². The summed E-state index contributed by atoms with van der Waals surface area (Å²) in [6, 6.07) is 9.39. The van der Waals surface area contributed by atoms with Crippen LogP contribution in [0.5, 0.6) is 0 Å². The number of aromatic nitrogens is 1. The quantitative estimate of drug-likeness (QED) is 0.910. The number of carbonyl (C=O) groups is 2. The summed E-state index contributed by atoms with van der Waals surface area (Å²) in [5.41, 5.74) is 1.29. The molecule has 1 aromatic heterocycles. The van der Waals surface area contributed by atoms with Gasteiger partial charge in [-0.2, -0.15) is 0 Å². The average Bonchev–Trinajstić information content (AvgIpc) is 2.48. The second-order valence-corrected chi connectivity index (χ2v) is 4.37. The first-order valence-electron chi connectivity index (χ1n) is 6.12. The van der Waals surface area contributed by atoms with Crippen molar-refractivity contribution in [2.24, 2.45) is 0 Å². The van der Waals surface area contributed by atoms with E-state index in [9.17, 15) is 9.59 Å². The lowest BCUT2D eigenvalue weighted by Gasteiger charge is -2.14. The molecule has 1 aromatic carbocycles. The highest BCUT2D eigenvalue weighted by atomic mass is 35.5. The van der Waals surface area contributed by atoms with Gasteiger partial charge in [-0.05, 0) is 36.8 Å². The Bertz CT molecular complexity index is 632. The zero-order chi connectivity index (χ0) is 14.5. The monoisotopic (exact) mass is 306 g/mol. The van der Waals surface area contributed by atoms with Crippen LogP contribution in [-0.4, -0.2) is 22.0 Å². The lowest BCUT2D eigenvalue weighted by Crippen LogP contribution is -2.26. The summed E-state index contributed by atoms with van der Waals surface area (Å²) < 4.78 is 0. The molecule has 2 rings (SSSR count). The number of hydrogen-bond donors (Lipinski definition) is 2. The Morgan fingerprint density at radius 2 is 1.90 bits per heavy atom. The topological polar surface area (TPSA) is 79.3 Å². The first-order valence-corrected chi connectivity index (χ1v) is 6.12. The van der Waals surface area contributed by atoms with Gasteiger partial charge in [0.25, 0.3) is 5.91 Å². The van der Waals surface area contributed by atoms with E-state index in [-0.39, 0.29) is 29.9 Å². The molecule has 0 fully saturated rings. The summed E-state index contributed by atoms with van der Waals surface area (Å²) in [4.78, 5) is 27.0. The third kappa shape index (κ3) is 4.29. The standard InChI is InChI=1S/C15H14N2O3.ClH/c1-10(13-6-3-7-16-9-13)17-14(18)11-4-2-5-12(8-11)15(19)20;/h2-10H,1H3,(H,17,18)(H,19,20);1H. The summed E-state index contributed by atoms with van der Waals surface area (Å²) in [5, 5.41) is 11.7. The van der Waals surface area contributed by atoms with Gasteiger partial charge in [-0.3, -0.25) is 9.78 Å². The zero-order valence-electron chi connectivity index (χ0n) is 11.3. The molecule has 110 valence electrons. The molecular formula is C15H15ClN2O3. The van der Waals surface area contributed by atoms with Crippen molar-refractivity contribution in [3.8, 4) is 0 Å². The first kappa shape index (κ1) is 16.7. The van der Waals surface area contributed by atoms with E-state index < -0.39 is 5.97 Å². The number of aromatic carboxylic acids is 1. The molecule has 5 nitrogen and oxygen atoms in total. The minimum Gasteiger partial charge on any atom is -0.478 e. The summed E-state index contributed by atoms with van der Waals surface area (Å²) >= 11 is 0. The van der Waals surface area contributed by atoms with Gasteiger partial charge >= 0.3 is 5.97 Å². The lowest BCUT2D eigenvalue weighted by atomic mass is 10.1. The highest BCUT2D eigenvalue weighted by molar-refractivity contribution is 5.97. The Morgan fingerprint density at radius 3 is 2.52 bits per heavy atom. The molecule has 1 atom stereocenters. The second-order valence-electron chi connectivity index (χ2n) is 4.37. The number of rotatable bonds is 4. The van der Waals surface area contributed by atoms with Crippen LogP contribution in [0.2, 0.25) is 0 Å². The molecule has 2 N–H and O–H groups in total. The van der Waals surface area contributed by atoms with E-state index in [0.717, 1.165) is 5.56 Å². The molecule has 1 unspecified atom stereocenters. The largest absolute Gasteiger partial charge is 0.478 e. The third-order valence-electron chi connectivity index (χ3n) is 2.90. The second kappa shape index (κ2) is 7.40. The van der Waals surface area contributed by atoms with Crippen LogP contribution in [0.4, 0.5) is 0 Å². The number of halogens is 1. The maximum atomic E-state index is 12.1. The Labute approximate surface area is 128 Å². The van der Waals surface area contributed by atoms with Crippen molar-refractivity contribution >= 4 is 24.3 Å². The molecule has 1 heterocycles. The van der Waals surface area contributed by atoms with Crippen molar-refractivity contribution < 1.29 is 14.7 Å². The number of pyridine rings is 1. The Morgan fingerprint density at radius 1 is 1.19 bits per heavy atom.